The van der Waals surface area contributed by atoms with Gasteiger partial charge in [-0.3, -0.25) is 10.1 Å². The minimum atomic E-state index is -0.407. The zero-order chi connectivity index (χ0) is 12.3. The van der Waals surface area contributed by atoms with Gasteiger partial charge in [-0.2, -0.15) is 0 Å². The molecular formula is C12H15N3O2. The second kappa shape index (κ2) is 4.95. The first-order valence-corrected chi connectivity index (χ1v) is 5.70. The fourth-order valence-electron chi connectivity index (χ4n) is 1.96. The lowest BCUT2D eigenvalue weighted by Crippen LogP contribution is -2.21. The van der Waals surface area contributed by atoms with Crippen LogP contribution in [-0.2, 0) is 0 Å². The van der Waals surface area contributed by atoms with Gasteiger partial charge >= 0.3 is 0 Å². The third kappa shape index (κ3) is 2.81. The molecule has 90 valence electrons. The monoisotopic (exact) mass is 233 g/mol. The standard InChI is InChI=1S/C12H15N3O2/c1-9-11(15(16)17)7-8-12(13-9)14-10-5-3-2-4-6-10/h2-3,7-8,10H,4-6H2,1H3,(H,13,14). The summed E-state index contributed by atoms with van der Waals surface area (Å²) in [4.78, 5) is 14.5. The van der Waals surface area contributed by atoms with E-state index in [2.05, 4.69) is 22.5 Å². The molecule has 1 unspecified atom stereocenters. The molecule has 0 aliphatic heterocycles. The molecule has 0 saturated carbocycles. The average Bonchev–Trinajstić information content (AvgIpc) is 2.30. The van der Waals surface area contributed by atoms with E-state index < -0.39 is 4.92 Å². The zero-order valence-electron chi connectivity index (χ0n) is 9.72. The summed E-state index contributed by atoms with van der Waals surface area (Å²) in [6, 6.07) is 3.56. The van der Waals surface area contributed by atoms with Crippen LogP contribution in [0.25, 0.3) is 0 Å². The summed E-state index contributed by atoms with van der Waals surface area (Å²) in [6.45, 7) is 1.66. The molecule has 0 saturated heterocycles. The molecule has 17 heavy (non-hydrogen) atoms. The lowest BCUT2D eigenvalue weighted by atomic mass is 10.0. The normalized spacial score (nSPS) is 19.0. The van der Waals surface area contributed by atoms with Crippen molar-refractivity contribution in [2.45, 2.75) is 32.2 Å². The number of hydrogen-bond acceptors (Lipinski definition) is 4. The number of aryl methyl sites for hydroxylation is 1. The number of nitrogens with one attached hydrogen (secondary N) is 1. The highest BCUT2D eigenvalue weighted by Crippen LogP contribution is 2.20. The second-order valence-corrected chi connectivity index (χ2v) is 4.18. The molecule has 5 nitrogen and oxygen atoms in total. The van der Waals surface area contributed by atoms with E-state index >= 15 is 0 Å². The van der Waals surface area contributed by atoms with Crippen molar-refractivity contribution in [1.82, 2.24) is 4.98 Å². The first-order valence-electron chi connectivity index (χ1n) is 5.70. The third-order valence-electron chi connectivity index (χ3n) is 2.88. The predicted molar refractivity (Wildman–Crippen MR) is 66.0 cm³/mol. The Morgan fingerprint density at radius 1 is 1.47 bits per heavy atom. The van der Waals surface area contributed by atoms with Gasteiger partial charge in [0, 0.05) is 12.1 Å². The Balaban J connectivity index is 2.09. The van der Waals surface area contributed by atoms with E-state index in [1.54, 1.807) is 13.0 Å². The first-order chi connectivity index (χ1) is 8.16. The minimum absolute atomic E-state index is 0.0686. The number of aromatic nitrogens is 1. The molecule has 1 aromatic rings. The number of nitrogens with zero attached hydrogens (tertiary/aromatic N) is 2. The van der Waals surface area contributed by atoms with E-state index in [1.807, 2.05) is 0 Å². The van der Waals surface area contributed by atoms with Gasteiger partial charge in [0.1, 0.15) is 11.5 Å². The Morgan fingerprint density at radius 3 is 2.88 bits per heavy atom. The third-order valence-corrected chi connectivity index (χ3v) is 2.88. The lowest BCUT2D eigenvalue weighted by Gasteiger charge is -2.19. The summed E-state index contributed by atoms with van der Waals surface area (Å²) in [5, 5.41) is 14.0. The maximum Gasteiger partial charge on any atom is 0.290 e. The number of nitro groups is 1. The summed E-state index contributed by atoms with van der Waals surface area (Å²) in [5.41, 5.74) is 0.519. The molecular weight excluding hydrogens is 218 g/mol. The number of hydrogen-bond donors (Lipinski definition) is 1. The van der Waals surface area contributed by atoms with E-state index in [0.29, 0.717) is 17.6 Å². The summed E-state index contributed by atoms with van der Waals surface area (Å²) < 4.78 is 0. The predicted octanol–water partition coefficient (Wildman–Crippen LogP) is 2.82. The average molecular weight is 233 g/mol. The molecule has 1 N–H and O–H groups in total. The van der Waals surface area contributed by atoms with Gasteiger partial charge in [-0.05, 0) is 32.3 Å². The van der Waals surface area contributed by atoms with E-state index in [4.69, 9.17) is 0 Å². The number of rotatable bonds is 3. The van der Waals surface area contributed by atoms with Gasteiger partial charge in [-0.25, -0.2) is 4.98 Å². The molecule has 0 aromatic carbocycles. The van der Waals surface area contributed by atoms with Crippen LogP contribution in [0.5, 0.6) is 0 Å². The van der Waals surface area contributed by atoms with E-state index in [-0.39, 0.29) is 5.69 Å². The fraction of sp³-hybridized carbons (Fsp3) is 0.417. The summed E-state index contributed by atoms with van der Waals surface area (Å²) in [5.74, 6) is 0.716. The number of pyridine rings is 1. The molecule has 0 amide bonds. The minimum Gasteiger partial charge on any atom is -0.367 e. The Kier molecular flexibility index (Phi) is 3.37. The van der Waals surface area contributed by atoms with Crippen molar-refractivity contribution in [2.24, 2.45) is 0 Å². The molecule has 0 spiro atoms. The second-order valence-electron chi connectivity index (χ2n) is 4.18. The summed E-state index contributed by atoms with van der Waals surface area (Å²) in [7, 11) is 0. The molecule has 1 aromatic heterocycles. The molecule has 0 radical (unpaired) electrons. The maximum atomic E-state index is 10.7. The van der Waals surface area contributed by atoms with Crippen LogP contribution >= 0.6 is 0 Å². The number of allylic oxidation sites excluding steroid dienone is 1. The zero-order valence-corrected chi connectivity index (χ0v) is 9.72. The van der Waals surface area contributed by atoms with Crippen LogP contribution in [0.2, 0.25) is 0 Å². The van der Waals surface area contributed by atoms with Crippen molar-refractivity contribution >= 4 is 11.5 Å². The van der Waals surface area contributed by atoms with Crippen molar-refractivity contribution in [1.29, 1.82) is 0 Å². The molecule has 1 aliphatic carbocycles. The molecule has 0 bridgehead atoms. The van der Waals surface area contributed by atoms with E-state index in [1.165, 1.54) is 6.07 Å². The quantitative estimate of drug-likeness (QED) is 0.495. The highest BCUT2D eigenvalue weighted by molar-refractivity contribution is 5.45. The SMILES string of the molecule is Cc1nc(NC2CC=CCC2)ccc1[N+](=O)[O-]. The van der Waals surface area contributed by atoms with Crippen LogP contribution in [0.1, 0.15) is 25.0 Å². The van der Waals surface area contributed by atoms with Crippen LogP contribution in [0.3, 0.4) is 0 Å². The topological polar surface area (TPSA) is 68.1 Å². The van der Waals surface area contributed by atoms with Crippen molar-refractivity contribution in [3.05, 3.63) is 40.1 Å². The first kappa shape index (κ1) is 11.6. The summed E-state index contributed by atoms with van der Waals surface area (Å²) in [6.07, 6.45) is 7.46. The van der Waals surface area contributed by atoms with Crippen LogP contribution in [0, 0.1) is 17.0 Å². The highest BCUT2D eigenvalue weighted by Gasteiger charge is 2.14. The highest BCUT2D eigenvalue weighted by atomic mass is 16.6. The van der Waals surface area contributed by atoms with Gasteiger partial charge in [-0.15, -0.1) is 0 Å². The van der Waals surface area contributed by atoms with Crippen molar-refractivity contribution in [3.63, 3.8) is 0 Å². The van der Waals surface area contributed by atoms with Crippen LogP contribution in [-0.4, -0.2) is 15.9 Å². The molecule has 5 heteroatoms. The Bertz CT molecular complexity index is 457. The Morgan fingerprint density at radius 2 is 2.29 bits per heavy atom. The van der Waals surface area contributed by atoms with Gasteiger partial charge in [0.25, 0.3) is 5.69 Å². The van der Waals surface area contributed by atoms with Crippen molar-refractivity contribution < 1.29 is 4.92 Å². The van der Waals surface area contributed by atoms with Crippen molar-refractivity contribution in [3.8, 4) is 0 Å². The largest absolute Gasteiger partial charge is 0.367 e. The van der Waals surface area contributed by atoms with Crippen LogP contribution < -0.4 is 5.32 Å². The molecule has 0 fully saturated rings. The molecule has 1 atom stereocenters. The molecule has 1 heterocycles. The smallest absolute Gasteiger partial charge is 0.290 e. The van der Waals surface area contributed by atoms with Crippen LogP contribution in [0.4, 0.5) is 11.5 Å². The van der Waals surface area contributed by atoms with E-state index in [9.17, 15) is 10.1 Å². The Hall–Kier alpha value is -1.91. The van der Waals surface area contributed by atoms with Crippen molar-refractivity contribution in [2.75, 3.05) is 5.32 Å². The number of anilines is 1. The van der Waals surface area contributed by atoms with Gasteiger partial charge < -0.3 is 5.32 Å². The van der Waals surface area contributed by atoms with E-state index in [0.717, 1.165) is 19.3 Å². The lowest BCUT2D eigenvalue weighted by molar-refractivity contribution is -0.385. The molecule has 1 aliphatic rings. The van der Waals surface area contributed by atoms with Gasteiger partial charge in [-0.1, -0.05) is 12.2 Å². The maximum absolute atomic E-state index is 10.7. The van der Waals surface area contributed by atoms with Gasteiger partial charge in [0.05, 0.1) is 4.92 Å². The van der Waals surface area contributed by atoms with Crippen LogP contribution in [0.15, 0.2) is 24.3 Å². The van der Waals surface area contributed by atoms with Gasteiger partial charge in [0.2, 0.25) is 0 Å². The van der Waals surface area contributed by atoms with Gasteiger partial charge in [0.15, 0.2) is 0 Å². The summed E-state index contributed by atoms with van der Waals surface area (Å²) >= 11 is 0. The fourth-order valence-corrected chi connectivity index (χ4v) is 1.96. The molecule has 2 rings (SSSR count). The Labute approximate surface area is 99.7 Å².